The van der Waals surface area contributed by atoms with Gasteiger partial charge in [0, 0.05) is 11.8 Å². The molecule has 0 aliphatic rings. The quantitative estimate of drug-likeness (QED) is 0.845. The fourth-order valence-electron chi connectivity index (χ4n) is 1.92. The third-order valence-electron chi connectivity index (χ3n) is 2.75. The Balaban J connectivity index is 2.77. The lowest BCUT2D eigenvalue weighted by Gasteiger charge is -2.11. The van der Waals surface area contributed by atoms with Crippen molar-refractivity contribution in [3.05, 3.63) is 47.8 Å². The Labute approximate surface area is 110 Å². The lowest BCUT2D eigenvalue weighted by atomic mass is 10.0. The average Bonchev–Trinajstić information content (AvgIpc) is 2.73. The van der Waals surface area contributed by atoms with Crippen LogP contribution in [0.2, 0.25) is 0 Å². The number of carboxylic acids is 1. The van der Waals surface area contributed by atoms with Gasteiger partial charge in [-0.15, -0.1) is 0 Å². The maximum atomic E-state index is 11.3. The van der Waals surface area contributed by atoms with Crippen LogP contribution in [0.1, 0.15) is 16.1 Å². The molecule has 1 aromatic carbocycles. The first-order chi connectivity index (χ1) is 8.82. The van der Waals surface area contributed by atoms with Crippen LogP contribution in [0.4, 0.5) is 0 Å². The first-order valence-electron chi connectivity index (χ1n) is 5.34. The molecule has 6 nitrogen and oxygen atoms in total. The van der Waals surface area contributed by atoms with E-state index in [0.717, 1.165) is 11.8 Å². The largest absolute Gasteiger partial charge is 0.543 e. The highest BCUT2D eigenvalue weighted by Gasteiger charge is 2.18. The van der Waals surface area contributed by atoms with Crippen LogP contribution in [0.15, 0.2) is 36.5 Å². The minimum Gasteiger partial charge on any atom is -0.543 e. The van der Waals surface area contributed by atoms with Crippen molar-refractivity contribution in [3.63, 3.8) is 0 Å². The Morgan fingerprint density at radius 3 is 2.37 bits per heavy atom. The molecular weight excluding hydrogens is 268 g/mol. The summed E-state index contributed by atoms with van der Waals surface area (Å²) in [5.41, 5.74) is 1.21. The second-order valence-corrected chi connectivity index (χ2v) is 5.44. The van der Waals surface area contributed by atoms with Crippen LogP contribution in [0.3, 0.4) is 0 Å². The molecule has 1 aromatic heterocycles. The first-order valence-corrected chi connectivity index (χ1v) is 6.84. The third kappa shape index (κ3) is 2.38. The number of nitrogens with two attached hydrogens (primary N) is 1. The molecule has 0 bridgehead atoms. The molecule has 2 N–H and O–H groups in total. The minimum absolute atomic E-state index is 0.257. The highest BCUT2D eigenvalue weighted by molar-refractivity contribution is 7.87. The fraction of sp³-hybridized carbons (Fsp3) is 0.0833. The zero-order valence-electron chi connectivity index (χ0n) is 10.0. The highest BCUT2D eigenvalue weighted by Crippen LogP contribution is 2.27. The lowest BCUT2D eigenvalue weighted by Crippen LogP contribution is -2.31. The summed E-state index contributed by atoms with van der Waals surface area (Å²) in [6.07, 6.45) is 1.10. The van der Waals surface area contributed by atoms with E-state index in [-0.39, 0.29) is 5.56 Å². The summed E-state index contributed by atoms with van der Waals surface area (Å²) >= 11 is 0. The van der Waals surface area contributed by atoms with Crippen LogP contribution in [-0.4, -0.2) is 18.4 Å². The minimum atomic E-state index is -4.18. The number of benzene rings is 1. The summed E-state index contributed by atoms with van der Waals surface area (Å²) in [4.78, 5) is 11.2. The van der Waals surface area contributed by atoms with E-state index in [4.69, 9.17) is 5.14 Å². The normalized spacial score (nSPS) is 11.5. The van der Waals surface area contributed by atoms with Gasteiger partial charge in [0.2, 0.25) is 0 Å². The van der Waals surface area contributed by atoms with Crippen LogP contribution >= 0.6 is 0 Å². The average molecular weight is 279 g/mol. The van der Waals surface area contributed by atoms with Gasteiger partial charge in [0.25, 0.3) is 0 Å². The Morgan fingerprint density at radius 1 is 1.21 bits per heavy atom. The van der Waals surface area contributed by atoms with Gasteiger partial charge in [0.1, 0.15) is 0 Å². The van der Waals surface area contributed by atoms with E-state index >= 15 is 0 Å². The van der Waals surface area contributed by atoms with Crippen molar-refractivity contribution < 1.29 is 18.3 Å². The number of aromatic nitrogens is 1. The van der Waals surface area contributed by atoms with Gasteiger partial charge < -0.3 is 9.90 Å². The number of nitrogens with zero attached hydrogens (tertiary/aromatic N) is 1. The Morgan fingerprint density at radius 2 is 1.84 bits per heavy atom. The van der Waals surface area contributed by atoms with Crippen molar-refractivity contribution in [1.29, 1.82) is 0 Å². The molecule has 0 amide bonds. The Hall–Kier alpha value is -2.12. The highest BCUT2D eigenvalue weighted by atomic mass is 32.2. The Bertz CT molecular complexity index is 747. The number of carbonyl (C=O) groups is 1. The zero-order valence-corrected chi connectivity index (χ0v) is 10.8. The molecule has 0 saturated heterocycles. The predicted molar refractivity (Wildman–Crippen MR) is 67.4 cm³/mol. The van der Waals surface area contributed by atoms with Gasteiger partial charge in [-0.25, -0.2) is 9.11 Å². The SMILES string of the molecule is Cc1ccccc1-c1ccn(S(N)(=O)=O)c1C(=O)[O-]. The molecule has 100 valence electrons. The van der Waals surface area contributed by atoms with E-state index in [1.54, 1.807) is 31.2 Å². The summed E-state index contributed by atoms with van der Waals surface area (Å²) in [6.45, 7) is 1.79. The molecule has 1 heterocycles. The Kier molecular flexibility index (Phi) is 3.17. The summed E-state index contributed by atoms with van der Waals surface area (Å²) in [6, 6.07) is 8.41. The summed E-state index contributed by atoms with van der Waals surface area (Å²) < 4.78 is 23.2. The van der Waals surface area contributed by atoms with Crippen molar-refractivity contribution in [2.45, 2.75) is 6.92 Å². The standard InChI is InChI=1S/C12H12N2O4S/c1-8-4-2-3-5-9(8)10-6-7-14(19(13,17)18)11(10)12(15)16/h2-7H,1H3,(H,15,16)(H2,13,17,18)/p-1. The van der Waals surface area contributed by atoms with Gasteiger partial charge in [0.05, 0.1) is 11.7 Å². The summed E-state index contributed by atoms with van der Waals surface area (Å²) in [7, 11) is -4.18. The topological polar surface area (TPSA) is 105 Å². The molecule has 0 fully saturated rings. The second kappa shape index (κ2) is 4.52. The van der Waals surface area contributed by atoms with Gasteiger partial charge in [-0.3, -0.25) is 0 Å². The van der Waals surface area contributed by atoms with Crippen LogP contribution in [0, 0.1) is 6.92 Å². The van der Waals surface area contributed by atoms with E-state index in [9.17, 15) is 18.3 Å². The van der Waals surface area contributed by atoms with Crippen molar-refractivity contribution in [2.75, 3.05) is 0 Å². The molecule has 2 aromatic rings. The molecule has 7 heteroatoms. The van der Waals surface area contributed by atoms with E-state index < -0.39 is 21.9 Å². The number of aromatic carboxylic acids is 1. The predicted octanol–water partition coefficient (Wildman–Crippen LogP) is -0.121. The molecule has 0 radical (unpaired) electrons. The molecule has 0 aliphatic carbocycles. The smallest absolute Gasteiger partial charge is 0.302 e. The van der Waals surface area contributed by atoms with Crippen LogP contribution in [0.25, 0.3) is 11.1 Å². The molecule has 0 unspecified atom stereocenters. The van der Waals surface area contributed by atoms with Crippen LogP contribution in [0.5, 0.6) is 0 Å². The number of hydrogen-bond donors (Lipinski definition) is 1. The summed E-state index contributed by atoms with van der Waals surface area (Å²) in [5.74, 6) is -1.60. The number of carboxylic acid groups (broad SMARTS) is 1. The lowest BCUT2D eigenvalue weighted by molar-refractivity contribution is -0.255. The van der Waals surface area contributed by atoms with Gasteiger partial charge >= 0.3 is 10.2 Å². The molecule has 0 atom stereocenters. The third-order valence-corrected chi connectivity index (χ3v) is 3.61. The molecule has 19 heavy (non-hydrogen) atoms. The van der Waals surface area contributed by atoms with Crippen molar-refractivity contribution in [1.82, 2.24) is 3.97 Å². The van der Waals surface area contributed by atoms with Gasteiger partial charge in [-0.05, 0) is 24.1 Å². The molecule has 0 aliphatic heterocycles. The van der Waals surface area contributed by atoms with Crippen LogP contribution in [-0.2, 0) is 10.2 Å². The van der Waals surface area contributed by atoms with E-state index in [2.05, 4.69) is 0 Å². The van der Waals surface area contributed by atoms with E-state index in [1.807, 2.05) is 0 Å². The zero-order chi connectivity index (χ0) is 14.2. The summed E-state index contributed by atoms with van der Waals surface area (Å²) in [5, 5.41) is 16.2. The van der Waals surface area contributed by atoms with E-state index in [0.29, 0.717) is 9.54 Å². The number of hydrogen-bond acceptors (Lipinski definition) is 4. The van der Waals surface area contributed by atoms with Gasteiger partial charge in [-0.2, -0.15) is 8.42 Å². The number of aryl methyl sites for hydroxylation is 1. The van der Waals surface area contributed by atoms with Gasteiger partial charge in [-0.1, -0.05) is 24.3 Å². The second-order valence-electron chi connectivity index (χ2n) is 4.02. The maximum absolute atomic E-state index is 11.3. The van der Waals surface area contributed by atoms with Crippen LogP contribution < -0.4 is 10.2 Å². The van der Waals surface area contributed by atoms with Gasteiger partial charge in [0.15, 0.2) is 0 Å². The monoisotopic (exact) mass is 279 g/mol. The van der Waals surface area contributed by atoms with Crippen molar-refractivity contribution >= 4 is 16.2 Å². The van der Waals surface area contributed by atoms with Crippen molar-refractivity contribution in [3.8, 4) is 11.1 Å². The fourth-order valence-corrected chi connectivity index (χ4v) is 2.58. The molecule has 0 spiro atoms. The maximum Gasteiger partial charge on any atom is 0.302 e. The first kappa shape index (κ1) is 13.3. The number of rotatable bonds is 3. The van der Waals surface area contributed by atoms with E-state index in [1.165, 1.54) is 6.07 Å². The molecule has 2 rings (SSSR count). The molecular formula is C12H11N2O4S-. The number of carbonyl (C=O) groups excluding carboxylic acids is 1. The van der Waals surface area contributed by atoms with Crippen molar-refractivity contribution in [2.24, 2.45) is 5.14 Å². The molecule has 0 saturated carbocycles.